The Morgan fingerprint density at radius 2 is 1.56 bits per heavy atom. The van der Waals surface area contributed by atoms with E-state index >= 15 is 0 Å². The van der Waals surface area contributed by atoms with Crippen LogP contribution in [0.2, 0.25) is 0 Å². The number of carbonyl (C=O) groups is 2. The number of Topliss-reactive ketones (excluding diaryl/α,β-unsaturated/α-hetero) is 1. The molecule has 0 fully saturated rings. The lowest BCUT2D eigenvalue weighted by Crippen LogP contribution is -2.21. The maximum absolute atomic E-state index is 11.5. The predicted molar refractivity (Wildman–Crippen MR) is 66.2 cm³/mol. The fourth-order valence-corrected chi connectivity index (χ4v) is 1.83. The van der Waals surface area contributed by atoms with Crippen LogP contribution in [0.15, 0.2) is 48.5 Å². The standard InChI is InChI=1S/C15H12O3/c1-10(16)13-4-2-3-5-14(13)11-6-8-12(9-7-11)15(17)18/h2-9H,1H3,(H,17,18)/p-1. The molecule has 0 unspecified atom stereocenters. The van der Waals surface area contributed by atoms with Crippen molar-refractivity contribution in [3.05, 3.63) is 59.7 Å². The zero-order valence-electron chi connectivity index (χ0n) is 9.84. The van der Waals surface area contributed by atoms with Gasteiger partial charge >= 0.3 is 0 Å². The molecule has 0 aliphatic heterocycles. The summed E-state index contributed by atoms with van der Waals surface area (Å²) in [7, 11) is 0. The summed E-state index contributed by atoms with van der Waals surface area (Å²) in [5, 5.41) is 10.7. The van der Waals surface area contributed by atoms with E-state index < -0.39 is 5.97 Å². The van der Waals surface area contributed by atoms with Crippen LogP contribution in [0, 0.1) is 0 Å². The Morgan fingerprint density at radius 1 is 0.944 bits per heavy atom. The molecule has 0 aliphatic carbocycles. The summed E-state index contributed by atoms with van der Waals surface area (Å²) in [6, 6.07) is 13.5. The van der Waals surface area contributed by atoms with Crippen LogP contribution in [0.5, 0.6) is 0 Å². The minimum Gasteiger partial charge on any atom is -0.545 e. The lowest BCUT2D eigenvalue weighted by atomic mass is 9.97. The van der Waals surface area contributed by atoms with Gasteiger partial charge < -0.3 is 9.90 Å². The van der Waals surface area contributed by atoms with E-state index in [1.807, 2.05) is 12.1 Å². The van der Waals surface area contributed by atoms with Crippen LogP contribution in [0.4, 0.5) is 0 Å². The van der Waals surface area contributed by atoms with Crippen LogP contribution in [-0.2, 0) is 0 Å². The van der Waals surface area contributed by atoms with Crippen molar-refractivity contribution in [2.75, 3.05) is 0 Å². The SMILES string of the molecule is CC(=O)c1ccccc1-c1ccc(C(=O)[O-])cc1. The fraction of sp³-hybridized carbons (Fsp3) is 0.0667. The van der Waals surface area contributed by atoms with Gasteiger partial charge in [0.05, 0.1) is 5.97 Å². The molecule has 0 spiro atoms. The molecule has 0 aromatic heterocycles. The van der Waals surface area contributed by atoms with Crippen molar-refractivity contribution in [2.45, 2.75) is 6.92 Å². The molecule has 2 aromatic rings. The predicted octanol–water partition coefficient (Wildman–Crippen LogP) is 1.92. The highest BCUT2D eigenvalue weighted by atomic mass is 16.4. The summed E-state index contributed by atoms with van der Waals surface area (Å²) >= 11 is 0. The van der Waals surface area contributed by atoms with Gasteiger partial charge in [-0.15, -0.1) is 0 Å². The number of ketones is 1. The van der Waals surface area contributed by atoms with Crippen LogP contribution in [0.1, 0.15) is 27.6 Å². The Morgan fingerprint density at radius 3 is 2.11 bits per heavy atom. The van der Waals surface area contributed by atoms with Gasteiger partial charge in [-0.3, -0.25) is 4.79 Å². The number of hydrogen-bond acceptors (Lipinski definition) is 3. The van der Waals surface area contributed by atoms with Gasteiger partial charge in [-0.25, -0.2) is 0 Å². The number of carboxylic acid groups (broad SMARTS) is 1. The Hall–Kier alpha value is -2.42. The maximum atomic E-state index is 11.5. The highest BCUT2D eigenvalue weighted by Crippen LogP contribution is 2.24. The van der Waals surface area contributed by atoms with E-state index in [1.54, 1.807) is 24.3 Å². The first-order valence-electron chi connectivity index (χ1n) is 5.51. The monoisotopic (exact) mass is 239 g/mol. The molecule has 0 amide bonds. The Labute approximate surface area is 105 Å². The first-order valence-corrected chi connectivity index (χ1v) is 5.51. The average Bonchev–Trinajstić information content (AvgIpc) is 2.39. The zero-order chi connectivity index (χ0) is 13.1. The molecule has 0 atom stereocenters. The van der Waals surface area contributed by atoms with Crippen molar-refractivity contribution in [1.82, 2.24) is 0 Å². The third-order valence-corrected chi connectivity index (χ3v) is 2.74. The largest absolute Gasteiger partial charge is 0.545 e. The smallest absolute Gasteiger partial charge is 0.160 e. The van der Waals surface area contributed by atoms with Crippen LogP contribution in [0.3, 0.4) is 0 Å². The van der Waals surface area contributed by atoms with E-state index in [0.717, 1.165) is 11.1 Å². The molecule has 18 heavy (non-hydrogen) atoms. The molecule has 0 N–H and O–H groups in total. The lowest BCUT2D eigenvalue weighted by Gasteiger charge is -2.08. The van der Waals surface area contributed by atoms with Gasteiger partial charge in [0, 0.05) is 5.56 Å². The summed E-state index contributed by atoms with van der Waals surface area (Å²) < 4.78 is 0. The summed E-state index contributed by atoms with van der Waals surface area (Å²) in [6.07, 6.45) is 0. The third-order valence-electron chi connectivity index (χ3n) is 2.74. The van der Waals surface area contributed by atoms with E-state index in [1.165, 1.54) is 19.1 Å². The Bertz CT molecular complexity index is 597. The molecule has 0 bridgehead atoms. The van der Waals surface area contributed by atoms with Gasteiger partial charge in [0.15, 0.2) is 5.78 Å². The molecule has 0 saturated carbocycles. The zero-order valence-corrected chi connectivity index (χ0v) is 9.84. The molecule has 0 aliphatic rings. The first-order chi connectivity index (χ1) is 8.59. The van der Waals surface area contributed by atoms with Crippen LogP contribution >= 0.6 is 0 Å². The average molecular weight is 239 g/mol. The summed E-state index contributed by atoms with van der Waals surface area (Å²) in [4.78, 5) is 22.2. The molecule has 0 heterocycles. The van der Waals surface area contributed by atoms with Crippen molar-refractivity contribution in [3.63, 3.8) is 0 Å². The highest BCUT2D eigenvalue weighted by Gasteiger charge is 2.08. The van der Waals surface area contributed by atoms with Crippen molar-refractivity contribution < 1.29 is 14.7 Å². The summed E-state index contributed by atoms with van der Waals surface area (Å²) in [5.74, 6) is -1.23. The van der Waals surface area contributed by atoms with E-state index in [0.29, 0.717) is 5.56 Å². The second kappa shape index (κ2) is 4.84. The van der Waals surface area contributed by atoms with Crippen LogP contribution < -0.4 is 5.11 Å². The fourth-order valence-electron chi connectivity index (χ4n) is 1.83. The molecular formula is C15H11O3-. The maximum Gasteiger partial charge on any atom is 0.160 e. The van der Waals surface area contributed by atoms with Crippen LogP contribution in [-0.4, -0.2) is 11.8 Å². The summed E-state index contributed by atoms with van der Waals surface area (Å²) in [5.41, 5.74) is 2.36. The topological polar surface area (TPSA) is 57.2 Å². The van der Waals surface area contributed by atoms with Gasteiger partial charge in [-0.1, -0.05) is 48.5 Å². The molecule has 0 radical (unpaired) electrons. The number of carbonyl (C=O) groups excluding carboxylic acids is 2. The van der Waals surface area contributed by atoms with Gasteiger partial charge in [-0.2, -0.15) is 0 Å². The third kappa shape index (κ3) is 2.30. The molecule has 2 rings (SSSR count). The van der Waals surface area contributed by atoms with Crippen LogP contribution in [0.25, 0.3) is 11.1 Å². The molecular weight excluding hydrogens is 228 g/mol. The second-order valence-electron chi connectivity index (χ2n) is 3.97. The first kappa shape index (κ1) is 12.0. The van der Waals surface area contributed by atoms with Crippen molar-refractivity contribution >= 4 is 11.8 Å². The minimum absolute atomic E-state index is 0.0189. The quantitative estimate of drug-likeness (QED) is 0.769. The Balaban J connectivity index is 2.49. The lowest BCUT2D eigenvalue weighted by molar-refractivity contribution is -0.255. The van der Waals surface area contributed by atoms with E-state index in [-0.39, 0.29) is 11.3 Å². The normalized spacial score (nSPS) is 10.1. The number of benzene rings is 2. The molecule has 90 valence electrons. The molecule has 3 nitrogen and oxygen atoms in total. The second-order valence-corrected chi connectivity index (χ2v) is 3.97. The van der Waals surface area contributed by atoms with Gasteiger partial charge in [0.1, 0.15) is 0 Å². The van der Waals surface area contributed by atoms with E-state index in [9.17, 15) is 14.7 Å². The van der Waals surface area contributed by atoms with Crippen molar-refractivity contribution in [1.29, 1.82) is 0 Å². The van der Waals surface area contributed by atoms with Gasteiger partial charge in [0.2, 0.25) is 0 Å². The van der Waals surface area contributed by atoms with E-state index in [2.05, 4.69) is 0 Å². The Kier molecular flexibility index (Phi) is 3.24. The van der Waals surface area contributed by atoms with Crippen molar-refractivity contribution in [3.8, 4) is 11.1 Å². The number of rotatable bonds is 3. The molecule has 0 saturated heterocycles. The number of hydrogen-bond donors (Lipinski definition) is 0. The highest BCUT2D eigenvalue weighted by molar-refractivity contribution is 6.01. The van der Waals surface area contributed by atoms with E-state index in [4.69, 9.17) is 0 Å². The van der Waals surface area contributed by atoms with Gasteiger partial charge in [0.25, 0.3) is 0 Å². The van der Waals surface area contributed by atoms with Gasteiger partial charge in [-0.05, 0) is 23.6 Å². The summed E-state index contributed by atoms with van der Waals surface area (Å²) in [6.45, 7) is 1.51. The molecule has 3 heteroatoms. The minimum atomic E-state index is -1.21. The van der Waals surface area contributed by atoms with Crippen molar-refractivity contribution in [2.24, 2.45) is 0 Å². The number of aromatic carboxylic acids is 1. The number of carboxylic acids is 1. The molecule has 2 aromatic carbocycles.